The van der Waals surface area contributed by atoms with E-state index in [1.54, 1.807) is 0 Å². The van der Waals surface area contributed by atoms with Gasteiger partial charge < -0.3 is 0 Å². The third kappa shape index (κ3) is 2.21. The van der Waals surface area contributed by atoms with E-state index in [-0.39, 0.29) is 27.5 Å². The van der Waals surface area contributed by atoms with Crippen molar-refractivity contribution in [1.82, 2.24) is 15.5 Å². The van der Waals surface area contributed by atoms with Crippen molar-refractivity contribution in [3.05, 3.63) is 29.6 Å². The van der Waals surface area contributed by atoms with E-state index in [1.165, 1.54) is 12.1 Å². The molecule has 0 atom stereocenters. The normalized spacial score (nSPS) is 13.9. The zero-order valence-corrected chi connectivity index (χ0v) is 11.5. The van der Waals surface area contributed by atoms with Gasteiger partial charge in [0.15, 0.2) is 15.7 Å². The Labute approximate surface area is 118 Å². The molecule has 0 bridgehead atoms. The molecule has 0 unspecified atom stereocenters. The number of H-pyrrole nitrogens is 1. The summed E-state index contributed by atoms with van der Waals surface area (Å²) in [6.07, 6.45) is 2.06. The molecule has 0 fully saturated rings. The van der Waals surface area contributed by atoms with Crippen molar-refractivity contribution < 1.29 is 17.6 Å². The maximum atomic E-state index is 14.1. The number of nitrogens with one attached hydrogen (secondary N) is 1. The molecule has 1 N–H and O–H groups in total. The fraction of sp³-hybridized carbons (Fsp3) is 0.0833. The van der Waals surface area contributed by atoms with Crippen LogP contribution in [-0.4, -0.2) is 37.1 Å². The Morgan fingerprint density at radius 3 is 2.71 bits per heavy atom. The van der Waals surface area contributed by atoms with Crippen LogP contribution in [0.1, 0.15) is 10.4 Å². The van der Waals surface area contributed by atoms with Crippen LogP contribution in [0.5, 0.6) is 0 Å². The van der Waals surface area contributed by atoms with Gasteiger partial charge in [-0.3, -0.25) is 9.89 Å². The Bertz CT molecular complexity index is 886. The van der Waals surface area contributed by atoms with Gasteiger partial charge in [-0.1, -0.05) is 0 Å². The SMILES string of the molecule is CS(=O)(=O)c1ccc(-c2n[nH]c3c2C(=O)[N]C=N3)c(F)c1. The maximum absolute atomic E-state index is 14.1. The van der Waals surface area contributed by atoms with Gasteiger partial charge in [0.2, 0.25) is 0 Å². The highest BCUT2D eigenvalue weighted by atomic mass is 32.2. The fourth-order valence-electron chi connectivity index (χ4n) is 1.95. The number of nitrogens with zero attached hydrogens (tertiary/aromatic N) is 3. The van der Waals surface area contributed by atoms with E-state index in [2.05, 4.69) is 20.5 Å². The number of amides is 1. The second-order valence-corrected chi connectivity index (χ2v) is 6.40. The number of aromatic amines is 1. The summed E-state index contributed by atoms with van der Waals surface area (Å²) in [6.45, 7) is 0. The van der Waals surface area contributed by atoms with Crippen molar-refractivity contribution in [2.45, 2.75) is 4.90 Å². The highest BCUT2D eigenvalue weighted by Crippen LogP contribution is 2.32. The molecule has 107 valence electrons. The van der Waals surface area contributed by atoms with Gasteiger partial charge in [-0.25, -0.2) is 17.8 Å². The number of hydrogen-bond acceptors (Lipinski definition) is 5. The summed E-state index contributed by atoms with van der Waals surface area (Å²) in [5, 5.41) is 9.88. The number of benzene rings is 1. The van der Waals surface area contributed by atoms with Gasteiger partial charge in [0.05, 0.1) is 4.90 Å². The summed E-state index contributed by atoms with van der Waals surface area (Å²) < 4.78 is 36.9. The molecule has 0 spiro atoms. The van der Waals surface area contributed by atoms with Crippen molar-refractivity contribution in [3.63, 3.8) is 0 Å². The molecule has 7 nitrogen and oxygen atoms in total. The average Bonchev–Trinajstić information content (AvgIpc) is 2.83. The van der Waals surface area contributed by atoms with E-state index in [1.807, 2.05) is 0 Å². The number of sulfone groups is 1. The van der Waals surface area contributed by atoms with E-state index in [0.29, 0.717) is 0 Å². The van der Waals surface area contributed by atoms with E-state index in [0.717, 1.165) is 18.7 Å². The Balaban J connectivity index is 2.17. The summed E-state index contributed by atoms with van der Waals surface area (Å²) in [5.41, 5.74) is 0.109. The largest absolute Gasteiger partial charge is 0.284 e. The molecule has 2 aromatic rings. The van der Waals surface area contributed by atoms with Gasteiger partial charge in [-0.15, -0.1) is 0 Å². The van der Waals surface area contributed by atoms with Crippen molar-refractivity contribution in [1.29, 1.82) is 0 Å². The van der Waals surface area contributed by atoms with Crippen LogP contribution in [0.3, 0.4) is 0 Å². The molecule has 1 radical (unpaired) electrons. The number of carbonyl (C=O) groups is 1. The molecule has 1 aliphatic rings. The molecular weight excluding hydrogens is 299 g/mol. The van der Waals surface area contributed by atoms with Gasteiger partial charge in [0, 0.05) is 11.8 Å². The van der Waals surface area contributed by atoms with E-state index in [4.69, 9.17) is 0 Å². The van der Waals surface area contributed by atoms with Crippen molar-refractivity contribution in [3.8, 4) is 11.3 Å². The molecule has 1 aliphatic heterocycles. The molecule has 0 saturated carbocycles. The van der Waals surface area contributed by atoms with Gasteiger partial charge in [-0.2, -0.15) is 10.4 Å². The fourth-order valence-corrected chi connectivity index (χ4v) is 2.58. The molecule has 0 aliphatic carbocycles. The summed E-state index contributed by atoms with van der Waals surface area (Å²) in [6, 6.07) is 3.40. The topological polar surface area (TPSA) is 106 Å². The Kier molecular flexibility index (Phi) is 2.87. The van der Waals surface area contributed by atoms with Crippen LogP contribution in [0.15, 0.2) is 28.1 Å². The van der Waals surface area contributed by atoms with Crippen LogP contribution in [0.4, 0.5) is 10.2 Å². The van der Waals surface area contributed by atoms with Gasteiger partial charge in [0.25, 0.3) is 5.91 Å². The number of fused-ring (bicyclic) bond motifs is 1. The van der Waals surface area contributed by atoms with Gasteiger partial charge >= 0.3 is 0 Å². The monoisotopic (exact) mass is 307 g/mol. The number of aliphatic imine (C=N–C) groups is 1. The molecule has 2 heterocycles. The van der Waals surface area contributed by atoms with Crippen molar-refractivity contribution in [2.75, 3.05) is 6.26 Å². The summed E-state index contributed by atoms with van der Waals surface area (Å²) in [5.74, 6) is -1.19. The minimum Gasteiger partial charge on any atom is -0.266 e. The lowest BCUT2D eigenvalue weighted by atomic mass is 10.1. The second kappa shape index (κ2) is 4.48. The quantitative estimate of drug-likeness (QED) is 0.894. The lowest BCUT2D eigenvalue weighted by Gasteiger charge is -2.06. The molecule has 1 amide bonds. The smallest absolute Gasteiger partial charge is 0.266 e. The molecule has 21 heavy (non-hydrogen) atoms. The first-order chi connectivity index (χ1) is 9.88. The highest BCUT2D eigenvalue weighted by Gasteiger charge is 2.26. The lowest BCUT2D eigenvalue weighted by Crippen LogP contribution is -2.17. The van der Waals surface area contributed by atoms with Crippen LogP contribution in [0.25, 0.3) is 11.3 Å². The summed E-state index contributed by atoms with van der Waals surface area (Å²) >= 11 is 0. The second-order valence-electron chi connectivity index (χ2n) is 4.39. The van der Waals surface area contributed by atoms with Crippen LogP contribution >= 0.6 is 0 Å². The first kappa shape index (κ1) is 13.4. The number of carbonyl (C=O) groups excluding carboxylic acids is 1. The minimum atomic E-state index is -3.52. The first-order valence-electron chi connectivity index (χ1n) is 5.74. The average molecular weight is 307 g/mol. The third-order valence-corrected chi connectivity index (χ3v) is 4.06. The van der Waals surface area contributed by atoms with Crippen molar-refractivity contribution >= 4 is 27.9 Å². The number of rotatable bonds is 2. The molecule has 0 saturated heterocycles. The predicted octanol–water partition coefficient (Wildman–Crippen LogP) is 1.04. The van der Waals surface area contributed by atoms with Gasteiger partial charge in [0.1, 0.15) is 23.4 Å². The van der Waals surface area contributed by atoms with E-state index >= 15 is 0 Å². The number of aromatic nitrogens is 2. The minimum absolute atomic E-state index is 0.000509. The predicted molar refractivity (Wildman–Crippen MR) is 71.7 cm³/mol. The summed E-state index contributed by atoms with van der Waals surface area (Å²) in [4.78, 5) is 15.4. The van der Waals surface area contributed by atoms with Crippen LogP contribution in [0.2, 0.25) is 0 Å². The standard InChI is InChI=1S/C12H8FN4O3S/c1-21(19,20)6-2-3-7(8(13)4-6)10-9-11(17-16-10)14-5-15-12(9)18/h2-5H,1H3,(H,16,17). The number of halogens is 1. The van der Waals surface area contributed by atoms with E-state index in [9.17, 15) is 17.6 Å². The first-order valence-corrected chi connectivity index (χ1v) is 7.63. The molecule has 9 heteroatoms. The molecular formula is C12H8FN4O3S. The Morgan fingerprint density at radius 1 is 1.29 bits per heavy atom. The Hall–Kier alpha value is -2.55. The summed E-state index contributed by atoms with van der Waals surface area (Å²) in [7, 11) is -3.52. The molecule has 3 rings (SSSR count). The highest BCUT2D eigenvalue weighted by molar-refractivity contribution is 7.90. The zero-order chi connectivity index (χ0) is 15.2. The maximum Gasteiger partial charge on any atom is 0.284 e. The van der Waals surface area contributed by atoms with Gasteiger partial charge in [-0.05, 0) is 18.2 Å². The lowest BCUT2D eigenvalue weighted by molar-refractivity contribution is 0.0975. The van der Waals surface area contributed by atoms with Crippen molar-refractivity contribution in [2.24, 2.45) is 4.99 Å². The Morgan fingerprint density at radius 2 is 2.05 bits per heavy atom. The van der Waals surface area contributed by atoms with Crippen LogP contribution in [-0.2, 0) is 9.84 Å². The van der Waals surface area contributed by atoms with E-state index < -0.39 is 21.6 Å². The van der Waals surface area contributed by atoms with Crippen LogP contribution < -0.4 is 5.32 Å². The molecule has 1 aromatic carbocycles. The zero-order valence-electron chi connectivity index (χ0n) is 10.7. The van der Waals surface area contributed by atoms with Crippen LogP contribution in [0, 0.1) is 5.82 Å². The third-order valence-electron chi connectivity index (χ3n) is 2.95. The number of hydrogen-bond donors (Lipinski definition) is 1. The molecule has 1 aromatic heterocycles.